The summed E-state index contributed by atoms with van der Waals surface area (Å²) in [6.45, 7) is 4.55. The van der Waals surface area contributed by atoms with Crippen molar-refractivity contribution in [1.82, 2.24) is 14.8 Å². The molecule has 0 saturated carbocycles. The molecular weight excluding hydrogens is 334 g/mol. The fourth-order valence-corrected chi connectivity index (χ4v) is 5.96. The van der Waals surface area contributed by atoms with Crippen molar-refractivity contribution in [2.45, 2.75) is 28.7 Å². The van der Waals surface area contributed by atoms with Gasteiger partial charge in [0.05, 0.1) is 5.70 Å². The van der Waals surface area contributed by atoms with Crippen LogP contribution in [0.25, 0.3) is 5.70 Å². The van der Waals surface area contributed by atoms with E-state index >= 15 is 0 Å². The van der Waals surface area contributed by atoms with Crippen LogP contribution in [0, 0.1) is 0 Å². The molecule has 21 heavy (non-hydrogen) atoms. The molecule has 0 radical (unpaired) electrons. The lowest BCUT2D eigenvalue weighted by molar-refractivity contribution is 0.585. The van der Waals surface area contributed by atoms with Crippen LogP contribution >= 0.6 is 11.3 Å². The fourth-order valence-electron chi connectivity index (χ4n) is 1.81. The van der Waals surface area contributed by atoms with Crippen LogP contribution in [0.3, 0.4) is 0 Å². The zero-order chi connectivity index (χ0) is 15.7. The monoisotopic (exact) mass is 351 g/mol. The molecule has 1 aromatic rings. The molecule has 2 heterocycles. The van der Waals surface area contributed by atoms with Gasteiger partial charge in [-0.05, 0) is 12.5 Å². The third kappa shape index (κ3) is 3.23. The maximum absolute atomic E-state index is 12.0. The Labute approximate surface area is 128 Å². The molecule has 0 atom stereocenters. The van der Waals surface area contributed by atoms with Gasteiger partial charge in [-0.1, -0.05) is 13.8 Å². The average Bonchev–Trinajstić information content (AvgIpc) is 2.85. The molecule has 0 bridgehead atoms. The highest BCUT2D eigenvalue weighted by Gasteiger charge is 2.30. The summed E-state index contributed by atoms with van der Waals surface area (Å²) < 4.78 is 52.7. The molecule has 0 aliphatic carbocycles. The number of hydrogen-bond acceptors (Lipinski definition) is 6. The van der Waals surface area contributed by atoms with Gasteiger partial charge in [0.1, 0.15) is 4.21 Å². The highest BCUT2D eigenvalue weighted by molar-refractivity contribution is 7.94. The van der Waals surface area contributed by atoms with Crippen LogP contribution in [0.1, 0.15) is 25.8 Å². The molecule has 0 aromatic carbocycles. The second kappa shape index (κ2) is 5.95. The first-order valence-corrected chi connectivity index (χ1v) is 10.2. The van der Waals surface area contributed by atoms with Crippen LogP contribution in [0.15, 0.2) is 20.7 Å². The summed E-state index contributed by atoms with van der Waals surface area (Å²) in [5, 5.41) is 3.09. The van der Waals surface area contributed by atoms with E-state index < -0.39 is 20.0 Å². The van der Waals surface area contributed by atoms with Gasteiger partial charge in [0.15, 0.2) is 4.21 Å². The van der Waals surface area contributed by atoms with Crippen molar-refractivity contribution in [3.8, 4) is 0 Å². The van der Waals surface area contributed by atoms with Gasteiger partial charge in [-0.3, -0.25) is 4.72 Å². The van der Waals surface area contributed by atoms with Crippen molar-refractivity contribution in [3.05, 3.63) is 17.8 Å². The predicted molar refractivity (Wildman–Crippen MR) is 81.8 cm³/mol. The Bertz CT molecular complexity index is 763. The summed E-state index contributed by atoms with van der Waals surface area (Å²) in [7, 11) is -7.37. The van der Waals surface area contributed by atoms with Crippen LogP contribution < -0.4 is 14.8 Å². The Hall–Kier alpha value is -1.10. The number of nitrogens with one attached hydrogen (secondary N) is 3. The van der Waals surface area contributed by atoms with Crippen LogP contribution in [-0.2, 0) is 20.0 Å². The first-order chi connectivity index (χ1) is 9.81. The van der Waals surface area contributed by atoms with E-state index in [1.54, 1.807) is 6.92 Å². The van der Waals surface area contributed by atoms with Crippen LogP contribution in [0.4, 0.5) is 0 Å². The summed E-state index contributed by atoms with van der Waals surface area (Å²) in [6, 6.07) is 1.39. The number of rotatable bonds is 6. The lowest BCUT2D eigenvalue weighted by Gasteiger charge is -2.16. The van der Waals surface area contributed by atoms with Gasteiger partial charge in [-0.15, -0.1) is 11.3 Å². The van der Waals surface area contributed by atoms with Crippen molar-refractivity contribution in [3.63, 3.8) is 0 Å². The summed E-state index contributed by atoms with van der Waals surface area (Å²) >= 11 is 0.745. The second-order valence-corrected chi connectivity index (χ2v) is 9.33. The van der Waals surface area contributed by atoms with Gasteiger partial charge < -0.3 is 5.32 Å². The predicted octanol–water partition coefficient (Wildman–Crippen LogP) is 0.636. The molecule has 1 aliphatic heterocycles. The summed E-state index contributed by atoms with van der Waals surface area (Å²) in [4.78, 5) is 0. The van der Waals surface area contributed by atoms with Gasteiger partial charge in [0.25, 0.3) is 10.0 Å². The van der Waals surface area contributed by atoms with Crippen molar-refractivity contribution in [2.24, 2.45) is 0 Å². The minimum atomic E-state index is -3.69. The van der Waals surface area contributed by atoms with E-state index in [9.17, 15) is 16.8 Å². The van der Waals surface area contributed by atoms with Crippen molar-refractivity contribution >= 4 is 37.1 Å². The van der Waals surface area contributed by atoms with E-state index in [2.05, 4.69) is 14.8 Å². The van der Waals surface area contributed by atoms with E-state index in [1.165, 1.54) is 12.3 Å². The zero-order valence-electron chi connectivity index (χ0n) is 11.6. The van der Waals surface area contributed by atoms with Gasteiger partial charge in [-0.2, -0.15) is 0 Å². The Morgan fingerprint density at radius 2 is 2.05 bits per heavy atom. The Kier molecular flexibility index (Phi) is 4.61. The zero-order valence-corrected chi connectivity index (χ0v) is 14.1. The molecule has 3 N–H and O–H groups in total. The number of sulfonamides is 2. The van der Waals surface area contributed by atoms with E-state index in [-0.39, 0.29) is 15.0 Å². The first-order valence-electron chi connectivity index (χ1n) is 6.42. The Morgan fingerprint density at radius 1 is 1.33 bits per heavy atom. The molecule has 0 spiro atoms. The average molecular weight is 351 g/mol. The Morgan fingerprint density at radius 3 is 2.67 bits per heavy atom. The first kappa shape index (κ1) is 16.3. The number of hydrogen-bond donors (Lipinski definition) is 3. The maximum Gasteiger partial charge on any atom is 0.271 e. The molecule has 2 rings (SSSR count). The topological polar surface area (TPSA) is 104 Å². The van der Waals surface area contributed by atoms with Crippen molar-refractivity contribution in [1.29, 1.82) is 0 Å². The normalized spacial score (nSPS) is 16.8. The second-order valence-electron chi connectivity index (χ2n) is 4.37. The van der Waals surface area contributed by atoms with Crippen LogP contribution in [0.5, 0.6) is 0 Å². The van der Waals surface area contributed by atoms with Gasteiger partial charge in [0.2, 0.25) is 10.0 Å². The molecule has 0 saturated heterocycles. The SMILES string of the molecule is CCCNC1=CNS(=O)(=O)c2sc(S(=O)(=O)NCC)cc21. The molecular formula is C11H17N3O4S3. The van der Waals surface area contributed by atoms with E-state index in [0.29, 0.717) is 17.8 Å². The number of fused-ring (bicyclic) bond motifs is 1. The van der Waals surface area contributed by atoms with Crippen LogP contribution in [0.2, 0.25) is 0 Å². The smallest absolute Gasteiger partial charge is 0.271 e. The minimum absolute atomic E-state index is 0.00850. The molecule has 10 heteroatoms. The van der Waals surface area contributed by atoms with Crippen LogP contribution in [-0.4, -0.2) is 29.9 Å². The molecule has 0 amide bonds. The van der Waals surface area contributed by atoms with E-state index in [0.717, 1.165) is 17.8 Å². The van der Waals surface area contributed by atoms with Crippen molar-refractivity contribution < 1.29 is 16.8 Å². The van der Waals surface area contributed by atoms with Gasteiger partial charge in [-0.25, -0.2) is 21.6 Å². The summed E-state index contributed by atoms with van der Waals surface area (Å²) in [5.74, 6) is 0. The summed E-state index contributed by atoms with van der Waals surface area (Å²) in [5.41, 5.74) is 0.972. The third-order valence-electron chi connectivity index (χ3n) is 2.73. The Balaban J connectivity index is 2.51. The quantitative estimate of drug-likeness (QED) is 0.697. The molecule has 0 unspecified atom stereocenters. The minimum Gasteiger partial charge on any atom is -0.383 e. The standard InChI is InChI=1S/C11H17N3O4S3/c1-3-5-12-9-7-14-21(17,18)11-8(9)6-10(19-11)20(15,16)13-4-2/h6-7,12-14H,3-5H2,1-2H3. The third-order valence-corrected chi connectivity index (χ3v) is 7.73. The number of thiophene rings is 1. The molecule has 1 aromatic heterocycles. The molecule has 1 aliphatic rings. The summed E-state index contributed by atoms with van der Waals surface area (Å²) in [6.07, 6.45) is 2.22. The van der Waals surface area contributed by atoms with Gasteiger partial charge >= 0.3 is 0 Å². The fraction of sp³-hybridized carbons (Fsp3) is 0.455. The lowest BCUT2D eigenvalue weighted by Crippen LogP contribution is -2.26. The maximum atomic E-state index is 12.0. The van der Waals surface area contributed by atoms with Crippen molar-refractivity contribution in [2.75, 3.05) is 13.1 Å². The largest absolute Gasteiger partial charge is 0.383 e. The van der Waals surface area contributed by atoms with E-state index in [1.807, 2.05) is 6.92 Å². The highest BCUT2D eigenvalue weighted by Crippen LogP contribution is 2.35. The van der Waals surface area contributed by atoms with Gasteiger partial charge in [0, 0.05) is 24.9 Å². The molecule has 118 valence electrons. The van der Waals surface area contributed by atoms with E-state index in [4.69, 9.17) is 0 Å². The lowest BCUT2D eigenvalue weighted by atomic mass is 10.2. The highest BCUT2D eigenvalue weighted by atomic mass is 32.3. The molecule has 7 nitrogen and oxygen atoms in total. The molecule has 0 fully saturated rings.